The van der Waals surface area contributed by atoms with Crippen molar-refractivity contribution in [3.63, 3.8) is 0 Å². The maximum Gasteiger partial charge on any atom is 0.271 e. The molecular weight excluding hydrogens is 428 g/mol. The van der Waals surface area contributed by atoms with E-state index >= 15 is 0 Å². The van der Waals surface area contributed by atoms with Gasteiger partial charge < -0.3 is 0 Å². The Morgan fingerprint density at radius 1 is 1.18 bits per heavy atom. The van der Waals surface area contributed by atoms with Gasteiger partial charge in [0.25, 0.3) is 5.91 Å². The fourth-order valence-electron chi connectivity index (χ4n) is 4.12. The molecule has 33 heavy (non-hydrogen) atoms. The zero-order valence-corrected chi connectivity index (χ0v) is 21.3. The van der Waals surface area contributed by atoms with Crippen LogP contribution in [0.3, 0.4) is 0 Å². The molecule has 0 bridgehead atoms. The summed E-state index contributed by atoms with van der Waals surface area (Å²) < 4.78 is 0. The Morgan fingerprint density at radius 3 is 2.48 bits per heavy atom. The second-order valence-electron chi connectivity index (χ2n) is 9.43. The zero-order valence-electron chi connectivity index (χ0n) is 20.5. The molecule has 0 fully saturated rings. The normalized spacial score (nSPS) is 18.3. The van der Waals surface area contributed by atoms with Gasteiger partial charge in [0, 0.05) is 28.6 Å². The van der Waals surface area contributed by atoms with Crippen molar-refractivity contribution in [1.29, 1.82) is 0 Å². The Morgan fingerprint density at radius 2 is 1.85 bits per heavy atom. The number of rotatable bonds is 7. The van der Waals surface area contributed by atoms with Crippen molar-refractivity contribution in [2.45, 2.75) is 65.3 Å². The molecule has 1 N–H and O–H groups in total. The molecule has 0 saturated carbocycles. The van der Waals surface area contributed by atoms with Crippen LogP contribution in [0.2, 0.25) is 0 Å². The van der Waals surface area contributed by atoms with Gasteiger partial charge in [-0.05, 0) is 75.8 Å². The molecule has 1 aromatic carbocycles. The monoisotopic (exact) mass is 462 g/mol. The van der Waals surface area contributed by atoms with E-state index in [0.717, 1.165) is 40.0 Å². The van der Waals surface area contributed by atoms with Gasteiger partial charge in [-0.3, -0.25) is 4.79 Å². The van der Waals surface area contributed by atoms with Crippen molar-refractivity contribution >= 4 is 23.4 Å². The average molecular weight is 463 g/mol. The molecule has 174 valence electrons. The van der Waals surface area contributed by atoms with Crippen LogP contribution in [0, 0.1) is 25.2 Å². The Labute approximate surface area is 201 Å². The number of hydrogen-bond donors (Lipinski definition) is 1. The van der Waals surface area contributed by atoms with Gasteiger partial charge in [-0.25, -0.2) is 15.4 Å². The minimum atomic E-state index is -0.214. The van der Waals surface area contributed by atoms with Crippen LogP contribution >= 0.6 is 11.8 Å². The predicted octanol–water partition coefficient (Wildman–Crippen LogP) is 6.43. The summed E-state index contributed by atoms with van der Waals surface area (Å²) in [5.41, 5.74) is 8.72. The van der Waals surface area contributed by atoms with Crippen LogP contribution in [0.15, 0.2) is 64.4 Å². The Bertz CT molecular complexity index is 1060. The number of thioether (sulfide) groups is 1. The molecule has 1 aliphatic carbocycles. The maximum absolute atomic E-state index is 12.5. The molecule has 1 aromatic heterocycles. The van der Waals surface area contributed by atoms with E-state index in [0.29, 0.717) is 11.5 Å². The first-order chi connectivity index (χ1) is 15.6. The smallest absolute Gasteiger partial charge is 0.267 e. The highest BCUT2D eigenvalue weighted by atomic mass is 32.2. The SMILES string of the molecule is CC1=CCCC(C)(C)C1C=CC(C)=NNC(=O)c1ccc(CSc2nc(C)cc(C)n2)cc1. The second-order valence-corrected chi connectivity index (χ2v) is 10.4. The summed E-state index contributed by atoms with van der Waals surface area (Å²) in [4.78, 5) is 21.4. The summed E-state index contributed by atoms with van der Waals surface area (Å²) in [6.45, 7) is 12.7. The predicted molar refractivity (Wildman–Crippen MR) is 137 cm³/mol. The van der Waals surface area contributed by atoms with Crippen molar-refractivity contribution in [2.24, 2.45) is 16.4 Å². The standard InChI is InChI=1S/C27H34N4OS/c1-18-8-7-15-27(5,6)24(18)14-9-19(2)30-31-25(32)23-12-10-22(11-13-23)17-33-26-28-20(3)16-21(4)29-26/h8-14,16,24H,7,15,17H2,1-6H3,(H,31,32). The lowest BCUT2D eigenvalue weighted by atomic mass is 9.68. The number of carbonyl (C=O) groups excluding carboxylic acids is 1. The van der Waals surface area contributed by atoms with E-state index in [4.69, 9.17) is 0 Å². The summed E-state index contributed by atoms with van der Waals surface area (Å²) in [7, 11) is 0. The Kier molecular flexibility index (Phi) is 8.25. The maximum atomic E-state index is 12.5. The minimum absolute atomic E-state index is 0.214. The van der Waals surface area contributed by atoms with Crippen molar-refractivity contribution in [1.82, 2.24) is 15.4 Å². The molecule has 0 saturated heterocycles. The molecular formula is C27H34N4OS. The largest absolute Gasteiger partial charge is 0.271 e. The molecule has 1 amide bonds. The number of carbonyl (C=O) groups is 1. The molecule has 3 rings (SSSR count). The summed E-state index contributed by atoms with van der Waals surface area (Å²) >= 11 is 1.59. The number of nitrogens with zero attached hydrogens (tertiary/aromatic N) is 3. The van der Waals surface area contributed by atoms with Gasteiger partial charge in [0.2, 0.25) is 0 Å². The minimum Gasteiger partial charge on any atom is -0.267 e. The number of allylic oxidation sites excluding steroid dienone is 4. The topological polar surface area (TPSA) is 67.2 Å². The van der Waals surface area contributed by atoms with Crippen LogP contribution in [-0.2, 0) is 5.75 Å². The van der Waals surface area contributed by atoms with E-state index in [1.165, 1.54) is 12.0 Å². The highest BCUT2D eigenvalue weighted by Gasteiger charge is 2.30. The van der Waals surface area contributed by atoms with E-state index in [9.17, 15) is 4.79 Å². The molecule has 1 aliphatic rings. The summed E-state index contributed by atoms with van der Waals surface area (Å²) in [6.07, 6.45) is 8.86. The van der Waals surface area contributed by atoms with Crippen molar-refractivity contribution in [3.05, 3.63) is 76.6 Å². The molecule has 1 unspecified atom stereocenters. The first-order valence-electron chi connectivity index (χ1n) is 11.4. The van der Waals surface area contributed by atoms with Gasteiger partial charge in [0.15, 0.2) is 5.16 Å². The lowest BCUT2D eigenvalue weighted by Gasteiger charge is -2.36. The van der Waals surface area contributed by atoms with Crippen LogP contribution in [0.4, 0.5) is 0 Å². The Hall–Kier alpha value is -2.73. The first-order valence-corrected chi connectivity index (χ1v) is 12.4. The molecule has 1 heterocycles. The number of hydrogen-bond acceptors (Lipinski definition) is 5. The van der Waals surface area contributed by atoms with E-state index in [1.54, 1.807) is 11.8 Å². The third-order valence-electron chi connectivity index (χ3n) is 6.00. The molecule has 0 radical (unpaired) electrons. The van der Waals surface area contributed by atoms with E-state index < -0.39 is 0 Å². The van der Waals surface area contributed by atoms with Crippen LogP contribution in [0.5, 0.6) is 0 Å². The molecule has 0 aliphatic heterocycles. The zero-order chi connectivity index (χ0) is 24.0. The van der Waals surface area contributed by atoms with Crippen LogP contribution in [0.1, 0.15) is 67.8 Å². The average Bonchev–Trinajstić information content (AvgIpc) is 2.75. The van der Waals surface area contributed by atoms with Crippen molar-refractivity contribution < 1.29 is 4.79 Å². The van der Waals surface area contributed by atoms with Gasteiger partial charge >= 0.3 is 0 Å². The molecule has 2 aromatic rings. The number of aryl methyl sites for hydroxylation is 2. The summed E-state index contributed by atoms with van der Waals surface area (Å²) in [5.74, 6) is 0.929. The molecule has 6 heteroatoms. The van der Waals surface area contributed by atoms with Crippen molar-refractivity contribution in [2.75, 3.05) is 0 Å². The van der Waals surface area contributed by atoms with E-state index in [-0.39, 0.29) is 11.3 Å². The fraction of sp³-hybridized carbons (Fsp3) is 0.407. The van der Waals surface area contributed by atoms with Crippen LogP contribution < -0.4 is 5.43 Å². The Balaban J connectivity index is 1.55. The van der Waals surface area contributed by atoms with Gasteiger partial charge in [0.05, 0.1) is 5.71 Å². The third kappa shape index (κ3) is 7.13. The third-order valence-corrected chi connectivity index (χ3v) is 6.92. The van der Waals surface area contributed by atoms with Crippen LogP contribution in [-0.4, -0.2) is 21.6 Å². The fourth-order valence-corrected chi connectivity index (χ4v) is 5.02. The van der Waals surface area contributed by atoms with Gasteiger partial charge in [-0.2, -0.15) is 5.10 Å². The number of amides is 1. The van der Waals surface area contributed by atoms with Gasteiger partial charge in [0.1, 0.15) is 0 Å². The highest BCUT2D eigenvalue weighted by Crippen LogP contribution is 2.41. The highest BCUT2D eigenvalue weighted by molar-refractivity contribution is 7.98. The van der Waals surface area contributed by atoms with E-state index in [1.807, 2.05) is 57.2 Å². The lowest BCUT2D eigenvalue weighted by Crippen LogP contribution is -2.26. The first kappa shape index (κ1) is 24.9. The van der Waals surface area contributed by atoms with E-state index in [2.05, 4.69) is 53.4 Å². The second kappa shape index (κ2) is 10.9. The number of benzene rings is 1. The molecule has 0 spiro atoms. The van der Waals surface area contributed by atoms with Gasteiger partial charge in [-0.1, -0.05) is 55.5 Å². The summed E-state index contributed by atoms with van der Waals surface area (Å²) in [6, 6.07) is 9.54. The quantitative estimate of drug-likeness (QED) is 0.169. The lowest BCUT2D eigenvalue weighted by molar-refractivity contribution is 0.0955. The van der Waals surface area contributed by atoms with Crippen LogP contribution in [0.25, 0.3) is 0 Å². The number of hydrazone groups is 1. The molecule has 1 atom stereocenters. The van der Waals surface area contributed by atoms with Crippen molar-refractivity contribution in [3.8, 4) is 0 Å². The van der Waals surface area contributed by atoms with Gasteiger partial charge in [-0.15, -0.1) is 0 Å². The number of aromatic nitrogens is 2. The summed E-state index contributed by atoms with van der Waals surface area (Å²) in [5, 5.41) is 5.04. The molecule has 5 nitrogen and oxygen atoms in total. The number of nitrogens with one attached hydrogen (secondary N) is 1.